The van der Waals surface area contributed by atoms with Gasteiger partial charge in [-0.05, 0) is 25.1 Å². The number of benzene rings is 1. The Labute approximate surface area is 158 Å². The van der Waals surface area contributed by atoms with E-state index < -0.39 is 11.7 Å². The molecule has 1 heterocycles. The summed E-state index contributed by atoms with van der Waals surface area (Å²) in [5.74, 6) is -0.573. The molecule has 0 bridgehead atoms. The number of esters is 1. The van der Waals surface area contributed by atoms with Crippen LogP contribution in [-0.2, 0) is 9.53 Å². The number of rotatable bonds is 6. The number of ether oxygens (including phenoxy) is 2. The Balaban J connectivity index is 2.11. The maximum absolute atomic E-state index is 12.1. The smallest absolute Gasteiger partial charge is 0.346 e. The number of carbonyl (C=O) groups is 2. The molecule has 1 aromatic carbocycles. The van der Waals surface area contributed by atoms with Crippen LogP contribution in [0.1, 0.15) is 16.1 Å². The molecule has 0 radical (unpaired) electrons. The Kier molecular flexibility index (Phi) is 6.64. The quantitative estimate of drug-likeness (QED) is 0.437. The molecular weight excluding hydrogens is 382 g/mol. The number of H-pyrrole nitrogens is 1. The maximum Gasteiger partial charge on any atom is 0.346 e. The lowest BCUT2D eigenvalue weighted by Gasteiger charge is -2.10. The minimum atomic E-state index is -0.643. The largest absolute Gasteiger partial charge is 0.495 e. The average Bonchev–Trinajstić information content (AvgIpc) is 2.59. The van der Waals surface area contributed by atoms with Crippen molar-refractivity contribution in [3.05, 3.63) is 45.0 Å². The molecule has 8 nitrogen and oxygen atoms in total. The van der Waals surface area contributed by atoms with Crippen molar-refractivity contribution >= 4 is 40.9 Å². The molecule has 0 saturated carbocycles. The van der Waals surface area contributed by atoms with Crippen LogP contribution in [0.25, 0.3) is 0 Å². The van der Waals surface area contributed by atoms with Crippen molar-refractivity contribution in [2.75, 3.05) is 25.3 Å². The summed E-state index contributed by atoms with van der Waals surface area (Å²) in [5.41, 5.74) is 0.323. The summed E-state index contributed by atoms with van der Waals surface area (Å²) in [6, 6.07) is 4.82. The Morgan fingerprint density at radius 2 is 2.08 bits per heavy atom. The number of hydrogen-bond acceptors (Lipinski definition) is 7. The molecule has 0 aliphatic heterocycles. The first kappa shape index (κ1) is 19.8. The zero-order valence-electron chi connectivity index (χ0n) is 14.2. The number of nitrogens with zero attached hydrogens (tertiary/aromatic N) is 1. The third kappa shape index (κ3) is 4.77. The molecule has 1 aromatic heterocycles. The molecule has 138 valence electrons. The number of methoxy groups -OCH3 is 2. The van der Waals surface area contributed by atoms with Gasteiger partial charge in [0, 0.05) is 11.4 Å². The third-order valence-corrected chi connectivity index (χ3v) is 4.52. The summed E-state index contributed by atoms with van der Waals surface area (Å²) in [4.78, 5) is 41.7. The van der Waals surface area contributed by atoms with Crippen molar-refractivity contribution < 1.29 is 19.1 Å². The summed E-state index contributed by atoms with van der Waals surface area (Å²) in [6.07, 6.45) is 0. The second-order valence-electron chi connectivity index (χ2n) is 5.02. The van der Waals surface area contributed by atoms with Crippen LogP contribution in [0.5, 0.6) is 5.75 Å². The van der Waals surface area contributed by atoms with Gasteiger partial charge in [0.05, 0.1) is 25.0 Å². The van der Waals surface area contributed by atoms with Crippen LogP contribution in [0, 0.1) is 6.92 Å². The van der Waals surface area contributed by atoms with Gasteiger partial charge in [0.15, 0.2) is 0 Å². The van der Waals surface area contributed by atoms with E-state index in [0.717, 1.165) is 11.8 Å². The highest BCUT2D eigenvalue weighted by molar-refractivity contribution is 8.00. The highest BCUT2D eigenvalue weighted by Crippen LogP contribution is 2.27. The number of hydrogen-bond donors (Lipinski definition) is 2. The Morgan fingerprint density at radius 1 is 1.35 bits per heavy atom. The standard InChI is InChI=1S/C16H16ClN3O5S/c1-8-13(15(22)25-3)14(20-16(23)18-8)26-7-12(21)19-9-4-5-11(24-2)10(17)6-9/h4-6H,7H2,1-3H3,(H,19,21)(H,18,20,23). The molecule has 2 aromatic rings. The van der Waals surface area contributed by atoms with Crippen molar-refractivity contribution in [2.45, 2.75) is 11.9 Å². The molecular formula is C16H16ClN3O5S. The number of aromatic amines is 1. The second-order valence-corrected chi connectivity index (χ2v) is 6.40. The lowest BCUT2D eigenvalue weighted by atomic mass is 10.2. The number of nitrogens with one attached hydrogen (secondary N) is 2. The van der Waals surface area contributed by atoms with Crippen LogP contribution in [0.4, 0.5) is 5.69 Å². The van der Waals surface area contributed by atoms with Gasteiger partial charge in [0.25, 0.3) is 0 Å². The summed E-state index contributed by atoms with van der Waals surface area (Å²) >= 11 is 6.97. The van der Waals surface area contributed by atoms with Gasteiger partial charge in [-0.2, -0.15) is 4.98 Å². The van der Waals surface area contributed by atoms with Gasteiger partial charge in [0.2, 0.25) is 5.91 Å². The highest BCUT2D eigenvalue weighted by atomic mass is 35.5. The van der Waals surface area contributed by atoms with Crippen molar-refractivity contribution in [2.24, 2.45) is 0 Å². The first-order valence-corrected chi connectivity index (χ1v) is 8.67. The van der Waals surface area contributed by atoms with E-state index in [1.165, 1.54) is 14.2 Å². The molecule has 0 fully saturated rings. The zero-order valence-corrected chi connectivity index (χ0v) is 15.8. The molecule has 2 N–H and O–H groups in total. The van der Waals surface area contributed by atoms with E-state index in [2.05, 4.69) is 15.3 Å². The van der Waals surface area contributed by atoms with E-state index >= 15 is 0 Å². The monoisotopic (exact) mass is 397 g/mol. The molecule has 2 rings (SSSR count). The summed E-state index contributed by atoms with van der Waals surface area (Å²) in [6.45, 7) is 1.55. The first-order chi connectivity index (χ1) is 12.3. The number of aryl methyl sites for hydroxylation is 1. The number of anilines is 1. The van der Waals surface area contributed by atoms with Gasteiger partial charge in [-0.1, -0.05) is 23.4 Å². The Hall–Kier alpha value is -2.52. The number of thioether (sulfide) groups is 1. The number of halogens is 1. The number of carbonyl (C=O) groups excluding carboxylic acids is 2. The van der Waals surface area contributed by atoms with E-state index in [0.29, 0.717) is 22.2 Å². The molecule has 0 unspecified atom stereocenters. The van der Waals surface area contributed by atoms with E-state index in [1.54, 1.807) is 25.1 Å². The van der Waals surface area contributed by atoms with Crippen LogP contribution in [0.3, 0.4) is 0 Å². The van der Waals surface area contributed by atoms with E-state index in [-0.39, 0.29) is 22.2 Å². The molecule has 26 heavy (non-hydrogen) atoms. The van der Waals surface area contributed by atoms with Gasteiger partial charge in [-0.3, -0.25) is 4.79 Å². The van der Waals surface area contributed by atoms with Gasteiger partial charge in [0.1, 0.15) is 16.3 Å². The van der Waals surface area contributed by atoms with Gasteiger partial charge in [-0.25, -0.2) is 9.59 Å². The molecule has 10 heteroatoms. The van der Waals surface area contributed by atoms with E-state index in [9.17, 15) is 14.4 Å². The zero-order chi connectivity index (χ0) is 19.3. The molecule has 1 amide bonds. The fourth-order valence-corrected chi connectivity index (χ4v) is 3.21. The maximum atomic E-state index is 12.1. The molecule has 0 atom stereocenters. The Morgan fingerprint density at radius 3 is 2.69 bits per heavy atom. The van der Waals surface area contributed by atoms with Crippen molar-refractivity contribution in [3.63, 3.8) is 0 Å². The summed E-state index contributed by atoms with van der Waals surface area (Å²) in [7, 11) is 2.72. The summed E-state index contributed by atoms with van der Waals surface area (Å²) < 4.78 is 9.74. The van der Waals surface area contributed by atoms with Crippen LogP contribution in [0.15, 0.2) is 28.0 Å². The van der Waals surface area contributed by atoms with Crippen molar-refractivity contribution in [3.8, 4) is 5.75 Å². The molecule has 0 saturated heterocycles. The second kappa shape index (κ2) is 8.72. The first-order valence-electron chi connectivity index (χ1n) is 7.31. The molecule has 0 spiro atoms. The van der Waals surface area contributed by atoms with Gasteiger partial charge in [-0.15, -0.1) is 0 Å². The predicted molar refractivity (Wildman–Crippen MR) is 98.3 cm³/mol. The third-order valence-electron chi connectivity index (χ3n) is 3.25. The van der Waals surface area contributed by atoms with Crippen LogP contribution in [-0.4, -0.2) is 41.8 Å². The highest BCUT2D eigenvalue weighted by Gasteiger charge is 2.19. The van der Waals surface area contributed by atoms with Crippen LogP contribution in [0.2, 0.25) is 5.02 Å². The molecule has 0 aliphatic carbocycles. The fraction of sp³-hybridized carbons (Fsp3) is 0.250. The lowest BCUT2D eigenvalue weighted by Crippen LogP contribution is -2.20. The van der Waals surface area contributed by atoms with Gasteiger partial charge < -0.3 is 19.8 Å². The SMILES string of the molecule is COC(=O)c1c(SCC(=O)Nc2ccc(OC)c(Cl)c2)nc(=O)[nH]c1C. The van der Waals surface area contributed by atoms with Gasteiger partial charge >= 0.3 is 11.7 Å². The van der Waals surface area contributed by atoms with Crippen molar-refractivity contribution in [1.82, 2.24) is 9.97 Å². The van der Waals surface area contributed by atoms with E-state index in [4.69, 9.17) is 21.1 Å². The number of amides is 1. The van der Waals surface area contributed by atoms with Crippen molar-refractivity contribution in [1.29, 1.82) is 0 Å². The topological polar surface area (TPSA) is 110 Å². The Bertz CT molecular complexity index is 900. The molecule has 0 aliphatic rings. The average molecular weight is 398 g/mol. The normalized spacial score (nSPS) is 10.3. The fourth-order valence-electron chi connectivity index (χ4n) is 2.08. The predicted octanol–water partition coefficient (Wildman–Crippen LogP) is 2.26. The minimum Gasteiger partial charge on any atom is -0.495 e. The summed E-state index contributed by atoms with van der Waals surface area (Å²) in [5, 5.41) is 3.15. The lowest BCUT2D eigenvalue weighted by molar-refractivity contribution is -0.113. The van der Waals surface area contributed by atoms with Crippen LogP contribution < -0.4 is 15.7 Å². The minimum absolute atomic E-state index is 0.0659. The van der Waals surface area contributed by atoms with Crippen LogP contribution >= 0.6 is 23.4 Å². The van der Waals surface area contributed by atoms with E-state index in [1.807, 2.05) is 0 Å². The number of aromatic nitrogens is 2.